The number of nitrogens with zero attached hydrogens (tertiary/aromatic N) is 9. The Kier molecular flexibility index (Phi) is 9.70. The summed E-state index contributed by atoms with van der Waals surface area (Å²) in [6.07, 6.45) is 1.34. The number of nitrogens with one attached hydrogen (secondary N) is 1. The Morgan fingerprint density at radius 1 is 1.09 bits per heavy atom. The number of hydrogen-bond donors (Lipinski definition) is 2. The van der Waals surface area contributed by atoms with Crippen molar-refractivity contribution in [2.45, 2.75) is 27.3 Å². The van der Waals surface area contributed by atoms with Crippen LogP contribution in [0.3, 0.4) is 0 Å². The topological polar surface area (TPSA) is 245 Å². The highest BCUT2D eigenvalue weighted by atomic mass is 16.6. The first-order valence-electron chi connectivity index (χ1n) is 13.1. The highest BCUT2D eigenvalue weighted by molar-refractivity contribution is 5.94. The molecule has 44 heavy (non-hydrogen) atoms. The molecule has 0 saturated carbocycles. The second-order valence-electron chi connectivity index (χ2n) is 8.84. The van der Waals surface area contributed by atoms with Gasteiger partial charge in [0.15, 0.2) is 17.2 Å². The molecule has 2 heterocycles. The molecule has 0 spiro atoms. The van der Waals surface area contributed by atoms with Gasteiger partial charge in [-0.1, -0.05) is 19.1 Å². The number of ether oxygens (including phenoxy) is 2. The molecular weight excluding hydrogens is 582 g/mol. The summed E-state index contributed by atoms with van der Waals surface area (Å²) < 4.78 is 17.3. The van der Waals surface area contributed by atoms with Gasteiger partial charge >= 0.3 is 5.69 Å². The SMILES string of the molecule is CCOc1cc(/C=N\NC(=O)c2nnn(-c3nonc3N)c2CN(CC)CC)ccc1Oc1ccc([N+](=O)[O-])cc1[N+](=O)[O-]. The van der Waals surface area contributed by atoms with Gasteiger partial charge in [0.05, 0.1) is 34.4 Å². The van der Waals surface area contributed by atoms with Crippen LogP contribution in [0.15, 0.2) is 46.1 Å². The fourth-order valence-corrected chi connectivity index (χ4v) is 3.93. The number of nitrogens with two attached hydrogens (primary N) is 1. The Bertz CT molecular complexity index is 1700. The number of non-ortho nitro benzene ring substituents is 1. The van der Waals surface area contributed by atoms with Crippen molar-refractivity contribution >= 4 is 29.3 Å². The second kappa shape index (κ2) is 13.8. The lowest BCUT2D eigenvalue weighted by Crippen LogP contribution is -2.27. The molecule has 2 aromatic carbocycles. The smallest absolute Gasteiger partial charge is 0.318 e. The lowest BCUT2D eigenvalue weighted by Gasteiger charge is -2.18. The summed E-state index contributed by atoms with van der Waals surface area (Å²) in [5.41, 5.74) is 8.05. The van der Waals surface area contributed by atoms with Gasteiger partial charge in [-0.25, -0.2) is 10.1 Å². The van der Waals surface area contributed by atoms with E-state index in [9.17, 15) is 25.0 Å². The molecule has 4 aromatic rings. The van der Waals surface area contributed by atoms with Crippen LogP contribution in [0.2, 0.25) is 0 Å². The third-order valence-electron chi connectivity index (χ3n) is 6.16. The molecule has 0 saturated heterocycles. The number of carbonyl (C=O) groups excluding carboxylic acids is 1. The van der Waals surface area contributed by atoms with Gasteiger partial charge < -0.3 is 15.2 Å². The van der Waals surface area contributed by atoms with Crippen LogP contribution in [-0.4, -0.2) is 71.9 Å². The van der Waals surface area contributed by atoms with E-state index >= 15 is 0 Å². The van der Waals surface area contributed by atoms with E-state index in [1.165, 1.54) is 23.0 Å². The fraction of sp³-hybridized carbons (Fsp3) is 0.280. The molecule has 0 aliphatic heterocycles. The van der Waals surface area contributed by atoms with E-state index in [0.29, 0.717) is 30.9 Å². The zero-order valence-corrected chi connectivity index (χ0v) is 23.7. The van der Waals surface area contributed by atoms with Crippen LogP contribution in [0, 0.1) is 20.2 Å². The van der Waals surface area contributed by atoms with Gasteiger partial charge in [0.2, 0.25) is 17.4 Å². The maximum atomic E-state index is 13.1. The Balaban J connectivity index is 1.55. The van der Waals surface area contributed by atoms with Gasteiger partial charge in [0.1, 0.15) is 0 Å². The van der Waals surface area contributed by atoms with Crippen LogP contribution < -0.4 is 20.6 Å². The number of nitro groups is 2. The first kappa shape index (κ1) is 31.0. The average molecular weight is 610 g/mol. The molecule has 3 N–H and O–H groups in total. The molecule has 19 heteroatoms. The minimum absolute atomic E-state index is 0.0140. The van der Waals surface area contributed by atoms with Crippen LogP contribution in [0.5, 0.6) is 17.2 Å². The third-order valence-corrected chi connectivity index (χ3v) is 6.16. The highest BCUT2D eigenvalue weighted by Gasteiger charge is 2.25. The normalized spacial score (nSPS) is 11.2. The summed E-state index contributed by atoms with van der Waals surface area (Å²) in [4.78, 5) is 36.1. The Morgan fingerprint density at radius 2 is 1.84 bits per heavy atom. The van der Waals surface area contributed by atoms with Crippen LogP contribution in [0.1, 0.15) is 42.5 Å². The van der Waals surface area contributed by atoms with Crippen molar-refractivity contribution in [3.8, 4) is 23.1 Å². The Hall–Kier alpha value is -5.98. The predicted molar refractivity (Wildman–Crippen MR) is 153 cm³/mol. The number of nitrogen functional groups attached to an aromatic ring is 1. The average Bonchev–Trinajstić information content (AvgIpc) is 3.62. The summed E-state index contributed by atoms with van der Waals surface area (Å²) >= 11 is 0. The number of nitro benzene ring substituents is 2. The van der Waals surface area contributed by atoms with Crippen LogP contribution in [0.4, 0.5) is 17.2 Å². The Labute approximate surface area is 248 Å². The van der Waals surface area contributed by atoms with Crippen LogP contribution in [-0.2, 0) is 6.54 Å². The van der Waals surface area contributed by atoms with E-state index in [2.05, 4.69) is 35.8 Å². The largest absolute Gasteiger partial charge is 0.490 e. The van der Waals surface area contributed by atoms with Crippen LogP contribution in [0.25, 0.3) is 5.82 Å². The zero-order valence-electron chi connectivity index (χ0n) is 23.7. The van der Waals surface area contributed by atoms with Gasteiger partial charge in [-0.3, -0.25) is 29.9 Å². The third kappa shape index (κ3) is 6.90. The molecule has 230 valence electrons. The van der Waals surface area contributed by atoms with Crippen molar-refractivity contribution in [2.24, 2.45) is 5.10 Å². The number of hydrogen-bond acceptors (Lipinski definition) is 15. The minimum Gasteiger partial charge on any atom is -0.490 e. The number of hydrazone groups is 1. The van der Waals surface area contributed by atoms with Crippen molar-refractivity contribution in [1.82, 2.24) is 35.6 Å². The number of anilines is 1. The van der Waals surface area contributed by atoms with Crippen molar-refractivity contribution < 1.29 is 28.7 Å². The number of benzene rings is 2. The number of amides is 1. The van der Waals surface area contributed by atoms with E-state index in [-0.39, 0.29) is 41.2 Å². The highest BCUT2D eigenvalue weighted by Crippen LogP contribution is 2.38. The fourth-order valence-electron chi connectivity index (χ4n) is 3.93. The Morgan fingerprint density at radius 3 is 2.48 bits per heavy atom. The first-order chi connectivity index (χ1) is 21.2. The molecule has 2 aromatic heterocycles. The minimum atomic E-state index is -0.782. The van der Waals surface area contributed by atoms with Gasteiger partial charge in [-0.2, -0.15) is 9.78 Å². The molecule has 0 fully saturated rings. The lowest BCUT2D eigenvalue weighted by atomic mass is 10.2. The number of aromatic nitrogens is 5. The molecule has 19 nitrogen and oxygen atoms in total. The molecule has 0 aliphatic carbocycles. The summed E-state index contributed by atoms with van der Waals surface area (Å²) in [7, 11) is 0. The van der Waals surface area contributed by atoms with Gasteiger partial charge in [-0.05, 0) is 60.2 Å². The summed E-state index contributed by atoms with van der Waals surface area (Å²) in [6, 6.07) is 7.61. The maximum Gasteiger partial charge on any atom is 0.318 e. The second-order valence-corrected chi connectivity index (χ2v) is 8.84. The lowest BCUT2D eigenvalue weighted by molar-refractivity contribution is -0.394. The van der Waals surface area contributed by atoms with Crippen molar-refractivity contribution in [1.29, 1.82) is 0 Å². The molecule has 0 radical (unpaired) electrons. The molecule has 0 bridgehead atoms. The molecule has 1 amide bonds. The van der Waals surface area contributed by atoms with E-state index in [1.807, 2.05) is 18.7 Å². The molecular formula is C25H27N11O8. The van der Waals surface area contributed by atoms with Gasteiger partial charge in [0.25, 0.3) is 11.6 Å². The zero-order chi connectivity index (χ0) is 31.8. The summed E-state index contributed by atoms with van der Waals surface area (Å²) in [5.74, 6) is -0.483. The van der Waals surface area contributed by atoms with Crippen molar-refractivity contribution in [3.63, 3.8) is 0 Å². The van der Waals surface area contributed by atoms with Crippen LogP contribution >= 0.6 is 0 Å². The van der Waals surface area contributed by atoms with E-state index in [4.69, 9.17) is 15.2 Å². The van der Waals surface area contributed by atoms with E-state index in [1.54, 1.807) is 13.0 Å². The monoisotopic (exact) mass is 609 g/mol. The number of carbonyl (C=O) groups is 1. The molecule has 0 aliphatic rings. The molecule has 4 rings (SSSR count). The summed E-state index contributed by atoms with van der Waals surface area (Å²) in [5, 5.41) is 41.9. The van der Waals surface area contributed by atoms with Crippen molar-refractivity contribution in [2.75, 3.05) is 25.4 Å². The van der Waals surface area contributed by atoms with Crippen molar-refractivity contribution in [3.05, 3.63) is 73.6 Å². The standard InChI is InChI=1S/C25H27N11O8/c1-4-33(5-2)14-18-22(28-32-34(18)24-23(26)30-44-31-24)25(37)29-27-13-15-7-9-20(21(11-15)42-6-3)43-19-10-8-16(35(38)39)12-17(19)36(40)41/h7-13H,4-6,14H2,1-3H3,(H2,26,30)(H,29,37)/b27-13-. The van der Waals surface area contributed by atoms with Gasteiger partial charge in [-0.15, -0.1) is 5.10 Å². The van der Waals surface area contributed by atoms with Gasteiger partial charge in [0, 0.05) is 12.6 Å². The predicted octanol–water partition coefficient (Wildman–Crippen LogP) is 2.85. The molecule has 0 unspecified atom stereocenters. The summed E-state index contributed by atoms with van der Waals surface area (Å²) in [6.45, 7) is 7.56. The first-order valence-corrected chi connectivity index (χ1v) is 13.1. The van der Waals surface area contributed by atoms with E-state index < -0.39 is 27.1 Å². The van der Waals surface area contributed by atoms with E-state index in [0.717, 1.165) is 18.2 Å². The molecule has 0 atom stereocenters. The quantitative estimate of drug-likeness (QED) is 0.119. The maximum absolute atomic E-state index is 13.1. The number of rotatable bonds is 14.